The molecule has 19 heavy (non-hydrogen) atoms. The van der Waals surface area contributed by atoms with Crippen LogP contribution in [0.3, 0.4) is 0 Å². The number of hydrogen-bond acceptors (Lipinski definition) is 2. The number of nitrogens with zero attached hydrogens (tertiary/aromatic N) is 1. The van der Waals surface area contributed by atoms with Gasteiger partial charge in [0.1, 0.15) is 5.78 Å². The van der Waals surface area contributed by atoms with E-state index in [-0.39, 0.29) is 5.78 Å². The third-order valence-electron chi connectivity index (χ3n) is 4.34. The summed E-state index contributed by atoms with van der Waals surface area (Å²) < 4.78 is 0. The highest BCUT2D eigenvalue weighted by molar-refractivity contribution is 5.77. The van der Waals surface area contributed by atoms with Crippen LogP contribution in [0.4, 0.5) is 0 Å². The number of Topliss-reactive ketones (excluding diaryl/α,β-unsaturated/α-hetero) is 1. The van der Waals surface area contributed by atoms with Gasteiger partial charge in [-0.3, -0.25) is 9.69 Å². The molecule has 0 unspecified atom stereocenters. The Morgan fingerprint density at radius 1 is 1.26 bits per heavy atom. The van der Waals surface area contributed by atoms with Gasteiger partial charge in [-0.05, 0) is 61.9 Å². The van der Waals surface area contributed by atoms with Crippen LogP contribution in [-0.4, -0.2) is 30.3 Å². The normalized spacial score (nSPS) is 20.2. The fourth-order valence-corrected chi connectivity index (χ4v) is 3.41. The Bertz CT molecular complexity index is 510. The molecule has 100 valence electrons. The molecule has 2 aliphatic rings. The topological polar surface area (TPSA) is 20.3 Å². The molecule has 0 atom stereocenters. The monoisotopic (exact) mass is 255 g/mol. The first-order valence-electron chi connectivity index (χ1n) is 7.24. The maximum Gasteiger partial charge on any atom is 0.143 e. The van der Waals surface area contributed by atoms with Crippen LogP contribution in [0.5, 0.6) is 0 Å². The summed E-state index contributed by atoms with van der Waals surface area (Å²) in [4.78, 5) is 13.5. The highest BCUT2D eigenvalue weighted by Gasteiger charge is 2.26. The quantitative estimate of drug-likeness (QED) is 0.827. The van der Waals surface area contributed by atoms with E-state index in [1.807, 2.05) is 0 Å². The van der Waals surface area contributed by atoms with Crippen molar-refractivity contribution in [1.29, 1.82) is 0 Å². The molecule has 1 aromatic rings. The molecule has 0 aromatic heterocycles. The molecule has 3 rings (SSSR count). The highest BCUT2D eigenvalue weighted by Crippen LogP contribution is 2.37. The Labute approximate surface area is 115 Å². The third-order valence-corrected chi connectivity index (χ3v) is 4.34. The standard InChI is InChI=1S/C17H21NO/c1-13(19)12-18-10-8-15(9-11-18)17-7-6-14-4-2-3-5-16(14)17/h2-5,7,15H,6,8-12H2,1H3. The molecule has 1 fully saturated rings. The van der Waals surface area contributed by atoms with E-state index in [0.29, 0.717) is 12.5 Å². The van der Waals surface area contributed by atoms with Crippen LogP contribution in [-0.2, 0) is 11.2 Å². The minimum Gasteiger partial charge on any atom is -0.299 e. The van der Waals surface area contributed by atoms with Gasteiger partial charge < -0.3 is 0 Å². The summed E-state index contributed by atoms with van der Waals surface area (Å²) in [5.74, 6) is 0.968. The maximum absolute atomic E-state index is 11.2. The second kappa shape index (κ2) is 5.30. The van der Waals surface area contributed by atoms with E-state index in [1.54, 1.807) is 12.5 Å². The summed E-state index contributed by atoms with van der Waals surface area (Å²) in [6, 6.07) is 8.77. The second-order valence-corrected chi connectivity index (χ2v) is 5.77. The molecule has 1 saturated heterocycles. The van der Waals surface area contributed by atoms with Gasteiger partial charge in [-0.15, -0.1) is 0 Å². The van der Waals surface area contributed by atoms with E-state index >= 15 is 0 Å². The molecule has 0 saturated carbocycles. The van der Waals surface area contributed by atoms with E-state index in [0.717, 1.165) is 19.5 Å². The third kappa shape index (κ3) is 2.64. The molecule has 2 heteroatoms. The van der Waals surface area contributed by atoms with Crippen LogP contribution in [0, 0.1) is 5.92 Å². The number of ketones is 1. The molecule has 1 aromatic carbocycles. The number of carbonyl (C=O) groups excluding carboxylic acids is 1. The van der Waals surface area contributed by atoms with Crippen LogP contribution in [0.25, 0.3) is 5.57 Å². The fourth-order valence-electron chi connectivity index (χ4n) is 3.41. The first-order chi connectivity index (χ1) is 9.24. The second-order valence-electron chi connectivity index (χ2n) is 5.77. The molecular formula is C17H21NO. The summed E-state index contributed by atoms with van der Waals surface area (Å²) in [6.45, 7) is 4.43. The van der Waals surface area contributed by atoms with E-state index in [1.165, 1.54) is 24.0 Å². The van der Waals surface area contributed by atoms with Gasteiger partial charge in [-0.1, -0.05) is 30.3 Å². The molecular weight excluding hydrogens is 234 g/mol. The van der Waals surface area contributed by atoms with Crippen LogP contribution < -0.4 is 0 Å². The number of hydrogen-bond donors (Lipinski definition) is 0. The summed E-state index contributed by atoms with van der Waals surface area (Å²) in [6.07, 6.45) is 5.88. The minimum atomic E-state index is 0.281. The van der Waals surface area contributed by atoms with Gasteiger partial charge in [0.25, 0.3) is 0 Å². The van der Waals surface area contributed by atoms with Gasteiger partial charge in [0.2, 0.25) is 0 Å². The number of carbonyl (C=O) groups is 1. The Kier molecular flexibility index (Phi) is 3.52. The molecule has 0 spiro atoms. The summed E-state index contributed by atoms with van der Waals surface area (Å²) in [5, 5.41) is 0. The van der Waals surface area contributed by atoms with E-state index in [4.69, 9.17) is 0 Å². The summed E-state index contributed by atoms with van der Waals surface area (Å²) >= 11 is 0. The fraction of sp³-hybridized carbons (Fsp3) is 0.471. The lowest BCUT2D eigenvalue weighted by atomic mass is 9.86. The zero-order chi connectivity index (χ0) is 13.2. The lowest BCUT2D eigenvalue weighted by Crippen LogP contribution is -2.36. The zero-order valence-electron chi connectivity index (χ0n) is 11.6. The molecule has 1 aliphatic heterocycles. The van der Waals surface area contributed by atoms with Crippen molar-refractivity contribution in [1.82, 2.24) is 4.90 Å². The molecule has 1 heterocycles. The van der Waals surface area contributed by atoms with Gasteiger partial charge >= 0.3 is 0 Å². The average molecular weight is 255 g/mol. The van der Waals surface area contributed by atoms with Gasteiger partial charge in [-0.25, -0.2) is 0 Å². The van der Waals surface area contributed by atoms with E-state index in [9.17, 15) is 4.79 Å². The summed E-state index contributed by atoms with van der Waals surface area (Å²) in [7, 11) is 0. The number of likely N-dealkylation sites (tertiary alicyclic amines) is 1. The largest absolute Gasteiger partial charge is 0.299 e. The first kappa shape index (κ1) is 12.6. The smallest absolute Gasteiger partial charge is 0.143 e. The summed E-state index contributed by atoms with van der Waals surface area (Å²) in [5.41, 5.74) is 4.49. The number of allylic oxidation sites excluding steroid dienone is 2. The first-order valence-corrected chi connectivity index (χ1v) is 7.24. The lowest BCUT2D eigenvalue weighted by molar-refractivity contribution is -0.118. The minimum absolute atomic E-state index is 0.281. The Morgan fingerprint density at radius 3 is 2.74 bits per heavy atom. The highest BCUT2D eigenvalue weighted by atomic mass is 16.1. The average Bonchev–Trinajstić information content (AvgIpc) is 2.83. The number of rotatable bonds is 3. The number of piperidine rings is 1. The lowest BCUT2D eigenvalue weighted by Gasteiger charge is -2.32. The van der Waals surface area contributed by atoms with Crippen molar-refractivity contribution in [2.45, 2.75) is 26.2 Å². The van der Waals surface area contributed by atoms with Gasteiger partial charge in [0.05, 0.1) is 6.54 Å². The number of fused-ring (bicyclic) bond motifs is 1. The van der Waals surface area contributed by atoms with Gasteiger partial charge in [-0.2, -0.15) is 0 Å². The van der Waals surface area contributed by atoms with Crippen LogP contribution in [0.1, 0.15) is 30.9 Å². The van der Waals surface area contributed by atoms with Crippen molar-refractivity contribution in [3.05, 3.63) is 41.5 Å². The molecule has 2 nitrogen and oxygen atoms in total. The maximum atomic E-state index is 11.2. The predicted octanol–water partition coefficient (Wildman–Crippen LogP) is 2.93. The molecule has 0 radical (unpaired) electrons. The molecule has 1 aliphatic carbocycles. The van der Waals surface area contributed by atoms with Gasteiger partial charge in [0, 0.05) is 0 Å². The van der Waals surface area contributed by atoms with Gasteiger partial charge in [0.15, 0.2) is 0 Å². The van der Waals surface area contributed by atoms with Crippen molar-refractivity contribution in [2.75, 3.05) is 19.6 Å². The Morgan fingerprint density at radius 2 is 2.00 bits per heavy atom. The van der Waals surface area contributed by atoms with Crippen molar-refractivity contribution in [2.24, 2.45) is 5.92 Å². The molecule has 0 bridgehead atoms. The Hall–Kier alpha value is -1.41. The van der Waals surface area contributed by atoms with E-state index in [2.05, 4.69) is 35.2 Å². The SMILES string of the molecule is CC(=O)CN1CCC(C2=CCc3ccccc32)CC1. The van der Waals surface area contributed by atoms with Crippen LogP contribution >= 0.6 is 0 Å². The Balaban J connectivity index is 1.66. The molecule has 0 N–H and O–H groups in total. The van der Waals surface area contributed by atoms with Crippen molar-refractivity contribution in [3.8, 4) is 0 Å². The predicted molar refractivity (Wildman–Crippen MR) is 78.0 cm³/mol. The van der Waals surface area contributed by atoms with Crippen molar-refractivity contribution < 1.29 is 4.79 Å². The molecule has 0 amide bonds. The number of benzene rings is 1. The van der Waals surface area contributed by atoms with Crippen LogP contribution in [0.15, 0.2) is 30.3 Å². The van der Waals surface area contributed by atoms with E-state index < -0.39 is 0 Å². The van der Waals surface area contributed by atoms with Crippen LogP contribution in [0.2, 0.25) is 0 Å². The zero-order valence-corrected chi connectivity index (χ0v) is 11.6. The van der Waals surface area contributed by atoms with Crippen molar-refractivity contribution in [3.63, 3.8) is 0 Å². The van der Waals surface area contributed by atoms with Crippen molar-refractivity contribution >= 4 is 11.4 Å².